The quantitative estimate of drug-likeness (QED) is 0.339. The minimum Gasteiger partial charge on any atom is -0.433 e. The van der Waals surface area contributed by atoms with Crippen LogP contribution >= 0.6 is 0 Å². The number of aliphatic hydroxyl groups excluding tert-OH is 2. The van der Waals surface area contributed by atoms with Crippen LogP contribution in [0.2, 0.25) is 0 Å². The summed E-state index contributed by atoms with van der Waals surface area (Å²) >= 11 is 0. The molecule has 15 heavy (non-hydrogen) atoms. The molecule has 0 amide bonds. The minimum atomic E-state index is -1.38. The number of ether oxygens (including phenoxy) is 1. The first-order valence-corrected chi connectivity index (χ1v) is 4.85. The van der Waals surface area contributed by atoms with Gasteiger partial charge in [0, 0.05) is 12.0 Å². The molecule has 5 heteroatoms. The lowest BCUT2D eigenvalue weighted by Crippen LogP contribution is -2.18. The van der Waals surface area contributed by atoms with Gasteiger partial charge in [0.05, 0.1) is 0 Å². The maximum atomic E-state index is 11.1. The molecule has 0 aromatic carbocycles. The standard InChI is InChI=1S/C10H18O5/c1-3-7(2)10(14)15-9(13)6-4-5-8(11)12/h3,8-9,11-13H,4-6H2,1-2H3. The molecule has 0 bridgehead atoms. The van der Waals surface area contributed by atoms with Crippen LogP contribution in [0.4, 0.5) is 0 Å². The number of rotatable bonds is 6. The van der Waals surface area contributed by atoms with E-state index >= 15 is 0 Å². The lowest BCUT2D eigenvalue weighted by molar-refractivity contribution is -0.164. The highest BCUT2D eigenvalue weighted by molar-refractivity contribution is 5.87. The van der Waals surface area contributed by atoms with Gasteiger partial charge in [0.1, 0.15) is 0 Å². The van der Waals surface area contributed by atoms with Gasteiger partial charge in [-0.15, -0.1) is 0 Å². The van der Waals surface area contributed by atoms with Gasteiger partial charge in [-0.3, -0.25) is 0 Å². The van der Waals surface area contributed by atoms with E-state index in [4.69, 9.17) is 10.2 Å². The van der Waals surface area contributed by atoms with Crippen molar-refractivity contribution in [1.82, 2.24) is 0 Å². The second-order valence-electron chi connectivity index (χ2n) is 3.24. The number of carbonyl (C=O) groups is 1. The highest BCUT2D eigenvalue weighted by Gasteiger charge is 2.12. The third kappa shape index (κ3) is 7.07. The van der Waals surface area contributed by atoms with Gasteiger partial charge in [0.25, 0.3) is 0 Å². The molecule has 1 atom stereocenters. The average Bonchev–Trinajstić information content (AvgIpc) is 2.15. The third-order valence-corrected chi connectivity index (χ3v) is 1.91. The summed E-state index contributed by atoms with van der Waals surface area (Å²) in [6, 6.07) is 0. The summed E-state index contributed by atoms with van der Waals surface area (Å²) < 4.78 is 4.67. The van der Waals surface area contributed by atoms with Crippen molar-refractivity contribution in [2.45, 2.75) is 45.7 Å². The van der Waals surface area contributed by atoms with Crippen molar-refractivity contribution < 1.29 is 24.9 Å². The monoisotopic (exact) mass is 218 g/mol. The first-order chi connectivity index (χ1) is 6.97. The van der Waals surface area contributed by atoms with E-state index in [1.165, 1.54) is 0 Å². The van der Waals surface area contributed by atoms with Gasteiger partial charge >= 0.3 is 5.97 Å². The average molecular weight is 218 g/mol. The number of allylic oxidation sites excluding steroid dienone is 1. The predicted octanol–water partition coefficient (Wildman–Crippen LogP) is 0.295. The molecule has 0 aromatic rings. The fourth-order valence-electron chi connectivity index (χ4n) is 0.868. The number of hydrogen-bond donors (Lipinski definition) is 3. The molecule has 3 N–H and O–H groups in total. The maximum absolute atomic E-state index is 11.1. The van der Waals surface area contributed by atoms with Crippen LogP contribution in [0.1, 0.15) is 33.1 Å². The normalized spacial score (nSPS) is 14.1. The summed E-state index contributed by atoms with van der Waals surface area (Å²) in [5.41, 5.74) is 0.427. The van der Waals surface area contributed by atoms with Crippen LogP contribution in [0, 0.1) is 0 Å². The predicted molar refractivity (Wildman–Crippen MR) is 53.6 cm³/mol. The van der Waals surface area contributed by atoms with Gasteiger partial charge in [0.2, 0.25) is 6.29 Å². The number of carbonyl (C=O) groups excluding carboxylic acids is 1. The lowest BCUT2D eigenvalue weighted by atomic mass is 10.2. The zero-order valence-corrected chi connectivity index (χ0v) is 9.01. The van der Waals surface area contributed by atoms with E-state index in [-0.39, 0.29) is 12.8 Å². The zero-order chi connectivity index (χ0) is 11.8. The summed E-state index contributed by atoms with van der Waals surface area (Å²) in [7, 11) is 0. The molecule has 5 nitrogen and oxygen atoms in total. The first-order valence-electron chi connectivity index (χ1n) is 4.85. The van der Waals surface area contributed by atoms with Crippen LogP contribution in [-0.4, -0.2) is 33.9 Å². The Morgan fingerprint density at radius 1 is 1.33 bits per heavy atom. The summed E-state index contributed by atoms with van der Waals surface area (Å²) in [6.45, 7) is 3.29. The summed E-state index contributed by atoms with van der Waals surface area (Å²) in [5.74, 6) is -0.561. The minimum absolute atomic E-state index is 0.150. The smallest absolute Gasteiger partial charge is 0.335 e. The molecule has 0 aliphatic carbocycles. The van der Waals surface area contributed by atoms with Gasteiger partial charge in [-0.05, 0) is 26.7 Å². The number of aliphatic hydroxyl groups is 3. The Morgan fingerprint density at radius 3 is 2.40 bits per heavy atom. The fraction of sp³-hybridized carbons (Fsp3) is 0.700. The largest absolute Gasteiger partial charge is 0.433 e. The Hall–Kier alpha value is -0.910. The van der Waals surface area contributed by atoms with Crippen LogP contribution in [0.25, 0.3) is 0 Å². The molecular weight excluding hydrogens is 200 g/mol. The van der Waals surface area contributed by atoms with E-state index in [1.54, 1.807) is 19.9 Å². The molecule has 0 saturated heterocycles. The Bertz CT molecular complexity index is 222. The molecule has 0 aliphatic heterocycles. The number of hydrogen-bond acceptors (Lipinski definition) is 5. The molecule has 0 aromatic heterocycles. The SMILES string of the molecule is CC=C(C)C(=O)OC(O)CCCC(O)O. The van der Waals surface area contributed by atoms with E-state index in [2.05, 4.69) is 4.74 Å². The second-order valence-corrected chi connectivity index (χ2v) is 3.24. The van der Waals surface area contributed by atoms with Crippen molar-refractivity contribution in [2.24, 2.45) is 0 Å². The molecule has 0 fully saturated rings. The maximum Gasteiger partial charge on any atom is 0.335 e. The Balaban J connectivity index is 3.74. The molecule has 88 valence electrons. The van der Waals surface area contributed by atoms with Crippen molar-refractivity contribution in [3.05, 3.63) is 11.6 Å². The molecular formula is C10H18O5. The molecule has 0 heterocycles. The van der Waals surface area contributed by atoms with Gasteiger partial charge in [-0.25, -0.2) is 4.79 Å². The van der Waals surface area contributed by atoms with E-state index in [0.29, 0.717) is 12.0 Å². The van der Waals surface area contributed by atoms with Crippen LogP contribution < -0.4 is 0 Å². The van der Waals surface area contributed by atoms with Crippen molar-refractivity contribution in [1.29, 1.82) is 0 Å². The molecule has 0 spiro atoms. The lowest BCUT2D eigenvalue weighted by Gasteiger charge is -2.12. The molecule has 0 rings (SSSR count). The Morgan fingerprint density at radius 2 is 1.93 bits per heavy atom. The molecule has 0 saturated carbocycles. The van der Waals surface area contributed by atoms with Gasteiger partial charge in [-0.1, -0.05) is 6.08 Å². The second kappa shape index (κ2) is 7.39. The first kappa shape index (κ1) is 14.1. The molecule has 0 aliphatic rings. The van der Waals surface area contributed by atoms with Crippen molar-refractivity contribution >= 4 is 5.97 Å². The Labute approximate surface area is 89.0 Å². The highest BCUT2D eigenvalue weighted by Crippen LogP contribution is 2.06. The van der Waals surface area contributed by atoms with Crippen molar-refractivity contribution in [3.8, 4) is 0 Å². The molecule has 0 radical (unpaired) electrons. The van der Waals surface area contributed by atoms with E-state index in [9.17, 15) is 9.90 Å². The third-order valence-electron chi connectivity index (χ3n) is 1.91. The van der Waals surface area contributed by atoms with Crippen molar-refractivity contribution in [3.63, 3.8) is 0 Å². The van der Waals surface area contributed by atoms with Crippen LogP contribution in [-0.2, 0) is 9.53 Å². The van der Waals surface area contributed by atoms with Crippen LogP contribution in [0.5, 0.6) is 0 Å². The Kier molecular flexibility index (Phi) is 6.94. The van der Waals surface area contributed by atoms with Gasteiger partial charge < -0.3 is 20.1 Å². The van der Waals surface area contributed by atoms with Crippen molar-refractivity contribution in [2.75, 3.05) is 0 Å². The van der Waals surface area contributed by atoms with E-state index < -0.39 is 18.5 Å². The number of esters is 1. The summed E-state index contributed by atoms with van der Waals surface area (Å²) in [4.78, 5) is 11.1. The highest BCUT2D eigenvalue weighted by atomic mass is 16.6. The molecule has 1 unspecified atom stereocenters. The van der Waals surface area contributed by atoms with Gasteiger partial charge in [-0.2, -0.15) is 0 Å². The fourth-order valence-corrected chi connectivity index (χ4v) is 0.868. The van der Waals surface area contributed by atoms with E-state index in [1.807, 2.05) is 0 Å². The van der Waals surface area contributed by atoms with E-state index in [0.717, 1.165) is 0 Å². The van der Waals surface area contributed by atoms with Crippen LogP contribution in [0.3, 0.4) is 0 Å². The van der Waals surface area contributed by atoms with Gasteiger partial charge in [0.15, 0.2) is 6.29 Å². The van der Waals surface area contributed by atoms with Crippen LogP contribution in [0.15, 0.2) is 11.6 Å². The summed E-state index contributed by atoms with van der Waals surface area (Å²) in [6.07, 6.45) is -0.262. The summed E-state index contributed by atoms with van der Waals surface area (Å²) in [5, 5.41) is 26.3. The topological polar surface area (TPSA) is 87.0 Å². The zero-order valence-electron chi connectivity index (χ0n) is 9.01.